The number of H-pyrrole nitrogens is 2. The average Bonchev–Trinajstić information content (AvgIpc) is 1.61. The van der Waals surface area contributed by atoms with Crippen LogP contribution >= 0.6 is 46.4 Å². The molecular weight excluding hydrogens is 1780 g/mol. The second-order valence-electron chi connectivity index (χ2n) is 29.7. The van der Waals surface area contributed by atoms with Crippen molar-refractivity contribution in [2.24, 2.45) is 0 Å². The molecule has 19 rings (SSSR count). The van der Waals surface area contributed by atoms with Gasteiger partial charge in [0.05, 0.1) is 114 Å². The Labute approximate surface area is 787 Å². The van der Waals surface area contributed by atoms with Crippen molar-refractivity contribution in [3.63, 3.8) is 0 Å². The van der Waals surface area contributed by atoms with Crippen LogP contribution in [0.25, 0.3) is 67.0 Å². The number of nitrogens with two attached hydrogens (primary N) is 1. The monoisotopic (exact) mass is 1870 g/mol. The molecule has 15 heterocycles. The molecule has 5 fully saturated rings. The summed E-state index contributed by atoms with van der Waals surface area (Å²) in [6, 6.07) is 40.3. The molecule has 678 valence electrons. The van der Waals surface area contributed by atoms with Gasteiger partial charge in [-0.3, -0.25) is 34.2 Å². The molecule has 0 unspecified atom stereocenters. The van der Waals surface area contributed by atoms with Crippen LogP contribution < -0.4 is 70.9 Å². The van der Waals surface area contributed by atoms with E-state index < -0.39 is 15.7 Å². The number of fused-ring (bicyclic) bond motifs is 4. The molecule has 0 atom stereocenters. The van der Waals surface area contributed by atoms with Crippen molar-refractivity contribution in [2.75, 3.05) is 136 Å². The fourth-order valence-electron chi connectivity index (χ4n) is 14.2. The summed E-state index contributed by atoms with van der Waals surface area (Å²) in [5.41, 5.74) is 16.1. The van der Waals surface area contributed by atoms with Gasteiger partial charge in [0, 0.05) is 129 Å². The van der Waals surface area contributed by atoms with E-state index >= 15 is 4.39 Å². The number of rotatable bonds is 13. The number of nitrogens with zero attached hydrogens (tertiary/aromatic N) is 16. The number of nitrogen functional groups attached to an aromatic ring is 1. The maximum Gasteiger partial charge on any atom is 1.00 e. The molecule has 5 N–H and O–H groups in total. The number of hydrogen-bond acceptors (Lipinski definition) is 27. The summed E-state index contributed by atoms with van der Waals surface area (Å²) in [6.07, 6.45) is 7.29. The Bertz CT molecular complexity index is 6230. The summed E-state index contributed by atoms with van der Waals surface area (Å²) in [5.74, 6) is 0.245. The minimum absolute atomic E-state index is 0. The van der Waals surface area contributed by atoms with Crippen LogP contribution in [0.4, 0.5) is 68.9 Å². The van der Waals surface area contributed by atoms with Gasteiger partial charge in [0.2, 0.25) is 11.0 Å². The molecule has 5 saturated heterocycles. The predicted molar refractivity (Wildman–Crippen MR) is 489 cm³/mol. The van der Waals surface area contributed by atoms with Gasteiger partial charge in [0.15, 0.2) is 11.3 Å². The molecule has 0 aliphatic carbocycles. The van der Waals surface area contributed by atoms with E-state index in [0.717, 1.165) is 74.6 Å². The molecule has 33 nitrogen and oxygen atoms in total. The normalized spacial score (nSPS) is 14.9. The number of morpholine rings is 4. The minimum Gasteiger partial charge on any atom is -0.662 e. The van der Waals surface area contributed by atoms with E-state index in [2.05, 4.69) is 82.8 Å². The summed E-state index contributed by atoms with van der Waals surface area (Å²) < 4.78 is 94.6. The summed E-state index contributed by atoms with van der Waals surface area (Å²) in [4.78, 5) is 79.8. The second-order valence-corrected chi connectivity index (χ2v) is 31.2. The van der Waals surface area contributed by atoms with Gasteiger partial charge >= 0.3 is 48.1 Å². The molecule has 10 aromatic heterocycles. The van der Waals surface area contributed by atoms with E-state index in [0.29, 0.717) is 154 Å². The Morgan fingerprint density at radius 1 is 0.508 bits per heavy atom. The van der Waals surface area contributed by atoms with Crippen LogP contribution in [-0.4, -0.2) is 199 Å². The zero-order valence-electron chi connectivity index (χ0n) is 70.2. The zero-order chi connectivity index (χ0) is 90.2. The fourth-order valence-corrected chi connectivity index (χ4v) is 14.9. The van der Waals surface area contributed by atoms with E-state index in [4.69, 9.17) is 95.4 Å². The van der Waals surface area contributed by atoms with Gasteiger partial charge in [-0.1, -0.05) is 61.3 Å². The topological polar surface area (TPSA) is 387 Å². The van der Waals surface area contributed by atoms with Gasteiger partial charge < -0.3 is 79.0 Å². The number of aromatic amines is 2. The summed E-state index contributed by atoms with van der Waals surface area (Å²) in [7, 11) is -0.337. The molecule has 0 saturated carbocycles. The number of benzene rings is 4. The van der Waals surface area contributed by atoms with Crippen LogP contribution in [0.5, 0.6) is 0 Å². The van der Waals surface area contributed by atoms with E-state index in [-0.39, 0.29) is 119 Å². The Hall–Kier alpha value is -11.5. The van der Waals surface area contributed by atoms with Crippen LogP contribution in [-0.2, 0) is 37.9 Å². The molecule has 5 aliphatic heterocycles. The number of imidazole rings is 2. The third-order valence-electron chi connectivity index (χ3n) is 21.1. The van der Waals surface area contributed by atoms with E-state index in [1.807, 2.05) is 116 Å². The molecule has 0 radical (unpaired) electrons. The molecule has 130 heavy (non-hydrogen) atoms. The largest absolute Gasteiger partial charge is 1.00 e. The van der Waals surface area contributed by atoms with Crippen molar-refractivity contribution < 1.29 is 100 Å². The van der Waals surface area contributed by atoms with Crippen molar-refractivity contribution >= 4 is 161 Å². The van der Waals surface area contributed by atoms with Crippen LogP contribution in [0, 0.1) is 57.3 Å². The molecule has 14 aromatic rings. The van der Waals surface area contributed by atoms with Crippen molar-refractivity contribution in [2.45, 2.75) is 67.6 Å². The third kappa shape index (κ3) is 24.4. The summed E-state index contributed by atoms with van der Waals surface area (Å²) in [5, 5.41) is 34.9. The number of anilines is 7. The Morgan fingerprint density at radius 3 is 1.38 bits per heavy atom. The van der Waals surface area contributed by atoms with E-state index in [9.17, 15) is 33.4 Å². The fraction of sp³-hybridized carbons (Fsp3) is 0.299. The first kappa shape index (κ1) is 101. The number of nitrogens with one attached hydrogen (secondary N) is 3. The first-order valence-electron chi connectivity index (χ1n) is 39.7. The number of aryl methyl sites for hydroxylation is 2. The van der Waals surface area contributed by atoms with Crippen LogP contribution in [0.3, 0.4) is 0 Å². The van der Waals surface area contributed by atoms with Gasteiger partial charge in [0.25, 0.3) is 6.47 Å². The summed E-state index contributed by atoms with van der Waals surface area (Å²) >= 11 is 22.6. The number of aromatic nitrogens is 12. The van der Waals surface area contributed by atoms with Crippen molar-refractivity contribution in [1.82, 2.24) is 59.0 Å². The van der Waals surface area contributed by atoms with Gasteiger partial charge in [-0.25, -0.2) is 57.4 Å². The van der Waals surface area contributed by atoms with Gasteiger partial charge in [-0.05, 0) is 168 Å². The number of pyridine rings is 6. The first-order chi connectivity index (χ1) is 61.1. The molecule has 43 heteroatoms. The molecule has 0 amide bonds. The van der Waals surface area contributed by atoms with Crippen molar-refractivity contribution in [3.8, 4) is 22.6 Å². The van der Waals surface area contributed by atoms with Crippen LogP contribution in [0.2, 0.25) is 20.6 Å². The van der Waals surface area contributed by atoms with Gasteiger partial charge in [0.1, 0.15) is 72.7 Å². The van der Waals surface area contributed by atoms with Crippen LogP contribution in [0.15, 0.2) is 170 Å². The van der Waals surface area contributed by atoms with Gasteiger partial charge in [-0.2, -0.15) is 0 Å². The van der Waals surface area contributed by atoms with Crippen molar-refractivity contribution in [1.29, 1.82) is 0 Å². The Balaban J connectivity index is 0.000000164. The maximum absolute atomic E-state index is 15.1. The minimum atomic E-state index is -0.619. The molecular formula is C87H92BCl4F4N20NaO13. The Kier molecular flexibility index (Phi) is 35.5. The maximum atomic E-state index is 15.1. The van der Waals surface area contributed by atoms with Gasteiger partial charge in [-0.15, -0.1) is 0 Å². The van der Waals surface area contributed by atoms with Crippen molar-refractivity contribution in [3.05, 3.63) is 246 Å². The quantitative estimate of drug-likeness (QED) is 0.0122. The summed E-state index contributed by atoms with van der Waals surface area (Å²) in [6.45, 7) is 22.2. The smallest absolute Gasteiger partial charge is 0.662 e. The standard InChI is InChI=1S/C24H21FN6O.C17H16ClFN4O.C15H14ClFN4O3.C13H17BN2O2.C10H13FN2O.C5H2Cl2N2O2.CH2O3.2CH4.Na/c1-15-28-21-4-3-20(17-6-8-26-23-18(17)7-9-27-23)29-24(21)31(15)16-2-5-22(19(25)14-16)30-10-12-32-13-11-30;1-11-20-14-3-5-16(18)21-17(14)23(11)12-2-4-15(13(19)10-12)22-6-8-24-9-7-22;16-14-4-3-13(21(22)23)15(19-14)18-10-1-2-12(11(17)9-10)20-5-7-24-8-6-20;1-12(2)13(3,4)18-14(17-12)10-6-8-16-11-9(10)5-7-15-11;11-9-7-8(12)1-2-10(9)13-3-5-14-6-4-13;6-4-2-1-3(9(10)11)5(7)8-4;2-1-4-3;;;/h2-9,14H,10-13H2,1H3,(H,26,27);2-5,10H,6-9H2,1H3;1-4,9H,5-8H2,(H,18,19);5-8H,1-4H3,(H,15,16);1-2,7H,3-6,12H2;1-2H;1,3H;2*1H4;/q;;;;;;;;;+1/p-1. The number of carbonyl (C=O) groups excluding carboxylic acids is 1. The third-order valence-corrected chi connectivity index (χ3v) is 22.0. The van der Waals surface area contributed by atoms with E-state index in [1.54, 1.807) is 54.9 Å². The van der Waals surface area contributed by atoms with Crippen LogP contribution in [0.1, 0.15) is 54.2 Å². The molecule has 4 aromatic carbocycles. The molecule has 0 spiro atoms. The number of carbonyl (C=O) groups is 1. The molecule has 0 bridgehead atoms. The first-order valence-corrected chi connectivity index (χ1v) is 41.2. The molecule has 5 aliphatic rings. The number of halogens is 8. The van der Waals surface area contributed by atoms with E-state index in [1.165, 1.54) is 42.5 Å². The second kappa shape index (κ2) is 45.9. The average molecular weight is 1880 g/mol. The number of nitro groups is 2. The Morgan fingerprint density at radius 2 is 0.915 bits per heavy atom. The number of ether oxygens (including phenoxy) is 4. The predicted octanol–water partition coefficient (Wildman–Crippen LogP) is 13.1. The number of hydrogen-bond donors (Lipinski definition) is 4. The SMILES string of the molecule is C.C.CC1(C)OB(c2ccnc3[nH]ccc23)OC1(C)C.Cc1nc2ccc(-c3ccnc4[nH]ccc34)nc2n1-c1ccc(N2CCOCC2)c(F)c1.Cc1nc2ccc(Cl)nc2n1-c1ccc(N2CCOCC2)c(F)c1.Nc1ccc(N2CCOCC2)c(F)c1.O=CO[O-].O=[N+]([O-])c1ccc(Cl)nc1Cl.O=[N+]([O-])c1ccc(Cl)nc1Nc1ccc(N2CCOCC2)c(F)c1.[Na+]. The zero-order valence-corrected chi connectivity index (χ0v) is 75.2.